The van der Waals surface area contributed by atoms with E-state index >= 15 is 0 Å². The summed E-state index contributed by atoms with van der Waals surface area (Å²) in [5.74, 6) is 0. The zero-order chi connectivity index (χ0) is 15.1. The number of hydrogen-bond acceptors (Lipinski definition) is 5. The number of benzene rings is 1. The molecule has 0 saturated heterocycles. The molecule has 2 aromatic rings. The molecular weight excluding hydrogens is 286 g/mol. The minimum Gasteiger partial charge on any atom is -0.383 e. The Hall–Kier alpha value is -1.63. The Bertz CT molecular complexity index is 643. The summed E-state index contributed by atoms with van der Waals surface area (Å²) in [5.41, 5.74) is 2.25. The number of hydrogen-bond donors (Lipinski definition) is 2. The number of nitrogens with zero attached hydrogens (tertiary/aromatic N) is 1. The molecule has 1 aromatic heterocycles. The van der Waals surface area contributed by atoms with E-state index in [4.69, 9.17) is 4.74 Å². The van der Waals surface area contributed by atoms with Gasteiger partial charge in [0.2, 0.25) is 0 Å². The van der Waals surface area contributed by atoms with Crippen LogP contribution in [0.15, 0.2) is 45.3 Å². The minimum atomic E-state index is -0.139. The lowest BCUT2D eigenvalue weighted by molar-refractivity contribution is 0.199. The van der Waals surface area contributed by atoms with Gasteiger partial charge in [-0.15, -0.1) is 0 Å². The number of nitrogens with one attached hydrogen (secondary N) is 2. The van der Waals surface area contributed by atoms with Crippen LogP contribution in [0.3, 0.4) is 0 Å². The maximum Gasteiger partial charge on any atom is 0.251 e. The van der Waals surface area contributed by atoms with Gasteiger partial charge in [-0.2, -0.15) is 0 Å². The Morgan fingerprint density at radius 3 is 3.00 bits per heavy atom. The normalized spacial score (nSPS) is 10.8. The van der Waals surface area contributed by atoms with Crippen molar-refractivity contribution in [2.75, 3.05) is 20.3 Å². The van der Waals surface area contributed by atoms with Crippen LogP contribution in [0.1, 0.15) is 11.1 Å². The zero-order valence-corrected chi connectivity index (χ0v) is 13.0. The first-order chi connectivity index (χ1) is 10.2. The molecule has 2 rings (SSSR count). The van der Waals surface area contributed by atoms with Crippen molar-refractivity contribution >= 4 is 11.8 Å². The van der Waals surface area contributed by atoms with Crippen molar-refractivity contribution < 1.29 is 4.74 Å². The van der Waals surface area contributed by atoms with E-state index in [9.17, 15) is 4.79 Å². The van der Waals surface area contributed by atoms with E-state index in [2.05, 4.69) is 40.4 Å². The lowest BCUT2D eigenvalue weighted by atomic mass is 10.1. The van der Waals surface area contributed by atoms with Crippen LogP contribution < -0.4 is 10.9 Å². The summed E-state index contributed by atoms with van der Waals surface area (Å²) in [7, 11) is 1.69. The largest absolute Gasteiger partial charge is 0.383 e. The third-order valence-electron chi connectivity index (χ3n) is 2.87. The van der Waals surface area contributed by atoms with Crippen LogP contribution in [0, 0.1) is 6.92 Å². The van der Waals surface area contributed by atoms with Crippen molar-refractivity contribution in [3.63, 3.8) is 0 Å². The standard InChI is InChI=1S/C15H19N3O2S/c1-11-3-4-13(12(9-11)10-16-7-8-20-2)21-15-17-6-5-14(19)18-15/h3-6,9,16H,7-8,10H2,1-2H3,(H,17,18,19). The van der Waals surface area contributed by atoms with Gasteiger partial charge in [0, 0.05) is 37.4 Å². The van der Waals surface area contributed by atoms with Crippen molar-refractivity contribution in [3.8, 4) is 0 Å². The van der Waals surface area contributed by atoms with Crippen LogP contribution in [0.25, 0.3) is 0 Å². The highest BCUT2D eigenvalue weighted by molar-refractivity contribution is 7.99. The third-order valence-corrected chi connectivity index (χ3v) is 3.89. The Kier molecular flexibility index (Phi) is 5.98. The van der Waals surface area contributed by atoms with E-state index in [-0.39, 0.29) is 5.56 Å². The molecule has 0 atom stereocenters. The molecule has 0 amide bonds. The van der Waals surface area contributed by atoms with Gasteiger partial charge in [0.1, 0.15) is 0 Å². The first-order valence-electron chi connectivity index (χ1n) is 6.71. The number of rotatable bonds is 7. The molecule has 1 aromatic carbocycles. The smallest absolute Gasteiger partial charge is 0.251 e. The highest BCUT2D eigenvalue weighted by atomic mass is 32.2. The summed E-state index contributed by atoms with van der Waals surface area (Å²) in [6.07, 6.45) is 1.52. The van der Waals surface area contributed by atoms with E-state index in [0.717, 1.165) is 18.0 Å². The first kappa shape index (κ1) is 15.8. The molecule has 0 unspecified atom stereocenters. The van der Waals surface area contributed by atoms with E-state index < -0.39 is 0 Å². The monoisotopic (exact) mass is 305 g/mol. The van der Waals surface area contributed by atoms with Gasteiger partial charge in [0.15, 0.2) is 5.16 Å². The molecule has 0 fully saturated rings. The second kappa shape index (κ2) is 7.97. The van der Waals surface area contributed by atoms with E-state index in [1.54, 1.807) is 7.11 Å². The maximum absolute atomic E-state index is 11.3. The van der Waals surface area contributed by atoms with Crippen LogP contribution in [0.2, 0.25) is 0 Å². The second-order valence-electron chi connectivity index (χ2n) is 4.62. The molecule has 0 aliphatic carbocycles. The molecule has 1 heterocycles. The van der Waals surface area contributed by atoms with Crippen LogP contribution in [0.4, 0.5) is 0 Å². The van der Waals surface area contributed by atoms with Gasteiger partial charge >= 0.3 is 0 Å². The predicted molar refractivity (Wildman–Crippen MR) is 83.7 cm³/mol. The second-order valence-corrected chi connectivity index (χ2v) is 5.65. The molecule has 5 nitrogen and oxygen atoms in total. The molecule has 0 aliphatic heterocycles. The highest BCUT2D eigenvalue weighted by Crippen LogP contribution is 2.28. The summed E-state index contributed by atoms with van der Waals surface area (Å²) in [6.45, 7) is 4.30. The first-order valence-corrected chi connectivity index (χ1v) is 7.53. The van der Waals surface area contributed by atoms with Gasteiger partial charge in [-0.3, -0.25) is 4.79 Å². The molecule has 112 valence electrons. The van der Waals surface area contributed by atoms with Crippen LogP contribution >= 0.6 is 11.8 Å². The van der Waals surface area contributed by atoms with Gasteiger partial charge < -0.3 is 15.0 Å². The summed E-state index contributed by atoms with van der Waals surface area (Å²) in [5, 5.41) is 3.94. The summed E-state index contributed by atoms with van der Waals surface area (Å²) in [4.78, 5) is 19.3. The van der Waals surface area contributed by atoms with Crippen molar-refractivity contribution in [2.24, 2.45) is 0 Å². The lowest BCUT2D eigenvalue weighted by Gasteiger charge is -2.11. The number of aromatic amines is 1. The van der Waals surface area contributed by atoms with E-state index in [0.29, 0.717) is 11.8 Å². The number of methoxy groups -OCH3 is 1. The van der Waals surface area contributed by atoms with Gasteiger partial charge in [0.05, 0.1) is 6.61 Å². The van der Waals surface area contributed by atoms with Crippen molar-refractivity contribution in [1.29, 1.82) is 0 Å². The molecular formula is C15H19N3O2S. The molecule has 0 radical (unpaired) electrons. The Morgan fingerprint density at radius 2 is 2.24 bits per heavy atom. The Morgan fingerprint density at radius 1 is 1.38 bits per heavy atom. The minimum absolute atomic E-state index is 0.139. The molecule has 6 heteroatoms. The van der Waals surface area contributed by atoms with E-state index in [1.165, 1.54) is 35.2 Å². The molecule has 0 aliphatic rings. The van der Waals surface area contributed by atoms with Crippen LogP contribution in [0.5, 0.6) is 0 Å². The molecule has 0 spiro atoms. The summed E-state index contributed by atoms with van der Waals surface area (Å²) < 4.78 is 5.03. The molecule has 0 saturated carbocycles. The van der Waals surface area contributed by atoms with Crippen LogP contribution in [-0.4, -0.2) is 30.2 Å². The fourth-order valence-electron chi connectivity index (χ4n) is 1.85. The van der Waals surface area contributed by atoms with Crippen molar-refractivity contribution in [1.82, 2.24) is 15.3 Å². The average Bonchev–Trinajstić information content (AvgIpc) is 2.46. The van der Waals surface area contributed by atoms with Crippen molar-refractivity contribution in [2.45, 2.75) is 23.5 Å². The topological polar surface area (TPSA) is 67.0 Å². The van der Waals surface area contributed by atoms with Gasteiger partial charge in [0.25, 0.3) is 5.56 Å². The van der Waals surface area contributed by atoms with Gasteiger partial charge in [-0.1, -0.05) is 29.5 Å². The quantitative estimate of drug-likeness (QED) is 0.605. The number of aryl methyl sites for hydroxylation is 1. The fraction of sp³-hybridized carbons (Fsp3) is 0.333. The predicted octanol–water partition coefficient (Wildman–Crippen LogP) is 1.97. The Balaban J connectivity index is 2.12. The maximum atomic E-state index is 11.3. The average molecular weight is 305 g/mol. The number of ether oxygens (including phenoxy) is 1. The third kappa shape index (κ3) is 5.00. The molecule has 21 heavy (non-hydrogen) atoms. The van der Waals surface area contributed by atoms with Gasteiger partial charge in [-0.25, -0.2) is 4.98 Å². The molecule has 0 bridgehead atoms. The van der Waals surface area contributed by atoms with Crippen molar-refractivity contribution in [3.05, 3.63) is 51.9 Å². The number of aromatic nitrogens is 2. The summed E-state index contributed by atoms with van der Waals surface area (Å²) in [6, 6.07) is 7.66. The number of H-pyrrole nitrogens is 1. The Labute approximate surface area is 128 Å². The summed E-state index contributed by atoms with van der Waals surface area (Å²) >= 11 is 1.46. The zero-order valence-electron chi connectivity index (χ0n) is 12.2. The lowest BCUT2D eigenvalue weighted by Crippen LogP contribution is -2.19. The van der Waals surface area contributed by atoms with Crippen LogP contribution in [-0.2, 0) is 11.3 Å². The molecule has 2 N–H and O–H groups in total. The SMILES string of the molecule is COCCNCc1cc(C)ccc1Sc1nccc(=O)[nH]1. The highest BCUT2D eigenvalue weighted by Gasteiger charge is 2.06. The van der Waals surface area contributed by atoms with E-state index in [1.807, 2.05) is 0 Å². The fourth-order valence-corrected chi connectivity index (χ4v) is 2.72. The van der Waals surface area contributed by atoms with Gasteiger partial charge in [-0.05, 0) is 18.6 Å².